The molecule has 8 heteroatoms. The molecule has 1 rings (SSSR count). The number of nitrogens with zero attached hydrogens (tertiary/aromatic N) is 2. The molecule has 1 aliphatic rings. The first-order chi connectivity index (χ1) is 7.82. The molecule has 0 atom stereocenters. The maximum Gasteiger partial charge on any atom is 0.471 e. The first kappa shape index (κ1) is 13.8. The number of nitrogens with one attached hydrogen (secondary N) is 1. The highest BCUT2D eigenvalue weighted by molar-refractivity contribution is 5.87. The average Bonchev–Trinajstić information content (AvgIpc) is 2.27. The third kappa shape index (κ3) is 3.88. The van der Waals surface area contributed by atoms with Crippen LogP contribution in [0.25, 0.3) is 0 Å². The largest absolute Gasteiger partial charge is 0.471 e. The van der Waals surface area contributed by atoms with E-state index in [0.29, 0.717) is 31.1 Å². The summed E-state index contributed by atoms with van der Waals surface area (Å²) in [5.41, 5.74) is 0. The van der Waals surface area contributed by atoms with E-state index in [-0.39, 0.29) is 0 Å². The predicted octanol–water partition coefficient (Wildman–Crippen LogP) is -0.561. The lowest BCUT2D eigenvalue weighted by Gasteiger charge is -2.29. The lowest BCUT2D eigenvalue weighted by molar-refractivity contribution is -0.184. The zero-order valence-corrected chi connectivity index (χ0v) is 9.38. The number of likely N-dealkylation sites (N-methyl/N-ethyl adjacent to an activating group) is 1. The number of halogens is 3. The maximum atomic E-state index is 12.1. The quantitative estimate of drug-likeness (QED) is 0.717. The van der Waals surface area contributed by atoms with Gasteiger partial charge >= 0.3 is 12.1 Å². The molecule has 2 amide bonds. The van der Waals surface area contributed by atoms with Gasteiger partial charge in [-0.05, 0) is 0 Å². The van der Waals surface area contributed by atoms with Crippen LogP contribution in [-0.2, 0) is 9.59 Å². The van der Waals surface area contributed by atoms with Crippen molar-refractivity contribution in [1.82, 2.24) is 15.1 Å². The van der Waals surface area contributed by atoms with Gasteiger partial charge in [0.15, 0.2) is 0 Å². The summed E-state index contributed by atoms with van der Waals surface area (Å²) in [7, 11) is 0.968. The third-order valence-electron chi connectivity index (χ3n) is 2.43. The molecule has 0 bridgehead atoms. The molecule has 1 aliphatic heterocycles. The van der Waals surface area contributed by atoms with Gasteiger partial charge in [0.05, 0.1) is 6.54 Å². The second kappa shape index (κ2) is 5.35. The Balaban J connectivity index is 2.47. The molecule has 0 spiro atoms. The molecule has 5 nitrogen and oxygen atoms in total. The predicted molar refractivity (Wildman–Crippen MR) is 53.1 cm³/mol. The smallest absolute Gasteiger partial charge is 0.339 e. The SMILES string of the molecule is CN(CC(=O)N1CCNCC1)C(=O)C(F)(F)F. The molecule has 0 radical (unpaired) electrons. The summed E-state index contributed by atoms with van der Waals surface area (Å²) >= 11 is 0. The summed E-state index contributed by atoms with van der Waals surface area (Å²) in [6.45, 7) is 1.59. The van der Waals surface area contributed by atoms with Gasteiger partial charge in [0.25, 0.3) is 0 Å². The second-order valence-corrected chi connectivity index (χ2v) is 3.79. The number of hydrogen-bond acceptors (Lipinski definition) is 3. The highest BCUT2D eigenvalue weighted by Gasteiger charge is 2.41. The lowest BCUT2D eigenvalue weighted by Crippen LogP contribution is -2.51. The van der Waals surface area contributed by atoms with Crippen LogP contribution in [-0.4, -0.2) is 67.6 Å². The Kier molecular flexibility index (Phi) is 4.33. The summed E-state index contributed by atoms with van der Waals surface area (Å²) in [5, 5.41) is 3.02. The summed E-state index contributed by atoms with van der Waals surface area (Å²) in [5.74, 6) is -2.47. The van der Waals surface area contributed by atoms with Gasteiger partial charge in [0, 0.05) is 33.2 Å². The van der Waals surface area contributed by atoms with Crippen LogP contribution in [0.4, 0.5) is 13.2 Å². The zero-order valence-electron chi connectivity index (χ0n) is 9.38. The van der Waals surface area contributed by atoms with E-state index in [0.717, 1.165) is 7.05 Å². The molecule has 17 heavy (non-hydrogen) atoms. The topological polar surface area (TPSA) is 52.7 Å². The summed E-state index contributed by atoms with van der Waals surface area (Å²) in [4.78, 5) is 24.2. The van der Waals surface area contributed by atoms with Gasteiger partial charge in [-0.1, -0.05) is 0 Å². The van der Waals surface area contributed by atoms with Crippen molar-refractivity contribution in [2.24, 2.45) is 0 Å². The van der Waals surface area contributed by atoms with E-state index in [1.54, 1.807) is 0 Å². The first-order valence-corrected chi connectivity index (χ1v) is 5.13. The Labute approximate surface area is 96.5 Å². The summed E-state index contributed by atoms with van der Waals surface area (Å²) < 4.78 is 36.2. The highest BCUT2D eigenvalue weighted by atomic mass is 19.4. The van der Waals surface area contributed by atoms with E-state index in [4.69, 9.17) is 0 Å². The molecule has 0 aromatic rings. The van der Waals surface area contributed by atoms with Crippen molar-refractivity contribution in [3.05, 3.63) is 0 Å². The molecule has 1 saturated heterocycles. The second-order valence-electron chi connectivity index (χ2n) is 3.79. The number of piperazine rings is 1. The molecule has 0 saturated carbocycles. The fraction of sp³-hybridized carbons (Fsp3) is 0.778. The maximum absolute atomic E-state index is 12.1. The lowest BCUT2D eigenvalue weighted by atomic mass is 10.3. The average molecular weight is 253 g/mol. The minimum Gasteiger partial charge on any atom is -0.339 e. The Morgan fingerprint density at radius 1 is 1.29 bits per heavy atom. The van der Waals surface area contributed by atoms with Gasteiger partial charge in [-0.3, -0.25) is 9.59 Å². The van der Waals surface area contributed by atoms with Gasteiger partial charge in [0.1, 0.15) is 0 Å². The van der Waals surface area contributed by atoms with Gasteiger partial charge in [-0.2, -0.15) is 13.2 Å². The normalized spacial score (nSPS) is 16.8. The Bertz CT molecular complexity index is 300. The first-order valence-electron chi connectivity index (χ1n) is 5.13. The van der Waals surface area contributed by atoms with Gasteiger partial charge in [-0.25, -0.2) is 0 Å². The molecule has 0 aromatic carbocycles. The summed E-state index contributed by atoms with van der Waals surface area (Å²) in [6, 6.07) is 0. The van der Waals surface area contributed by atoms with Crippen molar-refractivity contribution >= 4 is 11.8 Å². The van der Waals surface area contributed by atoms with Crippen molar-refractivity contribution in [2.75, 3.05) is 39.8 Å². The van der Waals surface area contributed by atoms with E-state index >= 15 is 0 Å². The molecule has 0 aromatic heterocycles. The Hall–Kier alpha value is -1.31. The molecule has 1 N–H and O–H groups in total. The van der Waals surface area contributed by atoms with Crippen LogP contribution < -0.4 is 5.32 Å². The fourth-order valence-corrected chi connectivity index (χ4v) is 1.51. The third-order valence-corrected chi connectivity index (χ3v) is 2.43. The van der Waals surface area contributed by atoms with Crippen molar-refractivity contribution < 1.29 is 22.8 Å². The van der Waals surface area contributed by atoms with Crippen LogP contribution in [0.15, 0.2) is 0 Å². The van der Waals surface area contributed by atoms with E-state index in [2.05, 4.69) is 5.32 Å². The Morgan fingerprint density at radius 3 is 2.29 bits per heavy atom. The van der Waals surface area contributed by atoms with E-state index in [1.165, 1.54) is 4.90 Å². The molecular formula is C9H14F3N3O2. The molecule has 98 valence electrons. The molecule has 1 heterocycles. The van der Waals surface area contributed by atoms with Crippen molar-refractivity contribution in [1.29, 1.82) is 0 Å². The van der Waals surface area contributed by atoms with E-state index < -0.39 is 24.5 Å². The van der Waals surface area contributed by atoms with Crippen molar-refractivity contribution in [3.8, 4) is 0 Å². The van der Waals surface area contributed by atoms with Crippen LogP contribution in [0.3, 0.4) is 0 Å². The highest BCUT2D eigenvalue weighted by Crippen LogP contribution is 2.17. The standard InChI is InChI=1S/C9H14F3N3O2/c1-14(8(17)9(10,11)12)6-7(16)15-4-2-13-3-5-15/h13H,2-6H2,1H3. The van der Waals surface area contributed by atoms with Gasteiger partial charge in [-0.15, -0.1) is 0 Å². The van der Waals surface area contributed by atoms with Crippen LogP contribution in [0.1, 0.15) is 0 Å². The number of alkyl halides is 3. The van der Waals surface area contributed by atoms with Gasteiger partial charge < -0.3 is 15.1 Å². The number of carbonyl (C=O) groups is 2. The minimum absolute atomic E-state index is 0.393. The van der Waals surface area contributed by atoms with Crippen molar-refractivity contribution in [2.45, 2.75) is 6.18 Å². The molecule has 1 fully saturated rings. The molecular weight excluding hydrogens is 239 g/mol. The van der Waals surface area contributed by atoms with Crippen LogP contribution in [0, 0.1) is 0 Å². The number of rotatable bonds is 2. The number of amides is 2. The fourth-order valence-electron chi connectivity index (χ4n) is 1.51. The minimum atomic E-state index is -4.93. The molecule has 0 aliphatic carbocycles. The van der Waals surface area contributed by atoms with Gasteiger partial charge in [0.2, 0.25) is 5.91 Å². The molecule has 0 unspecified atom stereocenters. The number of carbonyl (C=O) groups excluding carboxylic acids is 2. The van der Waals surface area contributed by atoms with Crippen LogP contribution in [0.2, 0.25) is 0 Å². The van der Waals surface area contributed by atoms with E-state index in [1.807, 2.05) is 0 Å². The summed E-state index contributed by atoms with van der Waals surface area (Å²) in [6.07, 6.45) is -4.93. The Morgan fingerprint density at radius 2 is 1.82 bits per heavy atom. The van der Waals surface area contributed by atoms with Crippen LogP contribution >= 0.6 is 0 Å². The van der Waals surface area contributed by atoms with Crippen LogP contribution in [0.5, 0.6) is 0 Å². The van der Waals surface area contributed by atoms with Crippen molar-refractivity contribution in [3.63, 3.8) is 0 Å². The zero-order chi connectivity index (χ0) is 13.1. The number of hydrogen-bond donors (Lipinski definition) is 1. The monoisotopic (exact) mass is 253 g/mol. The van der Waals surface area contributed by atoms with E-state index in [9.17, 15) is 22.8 Å².